The van der Waals surface area contributed by atoms with Crippen LogP contribution in [0.4, 0.5) is 0 Å². The van der Waals surface area contributed by atoms with E-state index in [4.69, 9.17) is 0 Å². The van der Waals surface area contributed by atoms with Crippen molar-refractivity contribution in [2.45, 2.75) is 38.0 Å². The minimum atomic E-state index is -0.819. The number of rotatable bonds is 2. The molecule has 1 aromatic rings. The van der Waals surface area contributed by atoms with Crippen LogP contribution in [-0.4, -0.2) is 21.3 Å². The van der Waals surface area contributed by atoms with Crippen LogP contribution in [0, 0.1) is 0 Å². The number of hydrogen-bond donors (Lipinski definition) is 1. The third-order valence-corrected chi connectivity index (χ3v) is 3.79. The molecule has 1 aromatic carbocycles. The number of carbonyl (C=O) groups is 1. The summed E-state index contributed by atoms with van der Waals surface area (Å²) in [5.74, 6) is -0.408. The zero-order valence-electron chi connectivity index (χ0n) is 9.20. The quantitative estimate of drug-likeness (QED) is 0.792. The SMILES string of the molecule is O=C(O)c1cccc([Si])c1C1CCCCC1. The van der Waals surface area contributed by atoms with Crippen LogP contribution < -0.4 is 5.19 Å². The fourth-order valence-electron chi connectivity index (χ4n) is 2.58. The third kappa shape index (κ3) is 2.19. The zero-order valence-corrected chi connectivity index (χ0v) is 10.2. The normalized spacial score (nSPS) is 17.3. The number of aromatic carboxylic acids is 1. The van der Waals surface area contributed by atoms with E-state index >= 15 is 0 Å². The van der Waals surface area contributed by atoms with Gasteiger partial charge in [-0.2, -0.15) is 0 Å². The topological polar surface area (TPSA) is 37.3 Å². The Morgan fingerprint density at radius 3 is 2.56 bits per heavy atom. The largest absolute Gasteiger partial charge is 0.478 e. The smallest absolute Gasteiger partial charge is 0.335 e. The summed E-state index contributed by atoms with van der Waals surface area (Å²) in [6, 6.07) is 5.43. The second kappa shape index (κ2) is 4.83. The summed E-state index contributed by atoms with van der Waals surface area (Å²) in [4.78, 5) is 11.2. The highest BCUT2D eigenvalue weighted by Gasteiger charge is 2.22. The lowest BCUT2D eigenvalue weighted by Gasteiger charge is -2.25. The van der Waals surface area contributed by atoms with E-state index < -0.39 is 5.97 Å². The average molecular weight is 231 g/mol. The molecule has 3 radical (unpaired) electrons. The average Bonchev–Trinajstić information content (AvgIpc) is 2.29. The minimum absolute atomic E-state index is 0.411. The Morgan fingerprint density at radius 2 is 1.94 bits per heavy atom. The maximum absolute atomic E-state index is 11.2. The first-order valence-electron chi connectivity index (χ1n) is 5.78. The predicted octanol–water partition coefficient (Wildman–Crippen LogP) is 2.23. The first-order chi connectivity index (χ1) is 7.70. The van der Waals surface area contributed by atoms with Gasteiger partial charge in [0.25, 0.3) is 0 Å². The highest BCUT2D eigenvalue weighted by molar-refractivity contribution is 6.34. The van der Waals surface area contributed by atoms with Gasteiger partial charge >= 0.3 is 5.97 Å². The Kier molecular flexibility index (Phi) is 3.44. The molecule has 1 aliphatic carbocycles. The fraction of sp³-hybridized carbons (Fsp3) is 0.462. The van der Waals surface area contributed by atoms with Crippen LogP contribution in [0.15, 0.2) is 18.2 Å². The van der Waals surface area contributed by atoms with Crippen molar-refractivity contribution in [1.29, 1.82) is 0 Å². The minimum Gasteiger partial charge on any atom is -0.478 e. The third-order valence-electron chi connectivity index (χ3n) is 3.35. The summed E-state index contributed by atoms with van der Waals surface area (Å²) in [5.41, 5.74) is 1.45. The molecule has 0 aromatic heterocycles. The van der Waals surface area contributed by atoms with Gasteiger partial charge in [-0.05, 0) is 30.4 Å². The summed E-state index contributed by atoms with van der Waals surface area (Å²) in [5, 5.41) is 10.1. The van der Waals surface area contributed by atoms with Crippen LogP contribution in [0.1, 0.15) is 53.9 Å². The van der Waals surface area contributed by atoms with E-state index in [0.717, 1.165) is 23.6 Å². The Morgan fingerprint density at radius 1 is 1.25 bits per heavy atom. The standard InChI is InChI=1S/C13H15O2Si/c14-13(15)10-7-4-8-11(16)12(10)9-5-2-1-3-6-9/h4,7-9H,1-3,5-6H2,(H,14,15). The van der Waals surface area contributed by atoms with Crippen molar-refractivity contribution < 1.29 is 9.90 Å². The van der Waals surface area contributed by atoms with Gasteiger partial charge in [0.15, 0.2) is 0 Å². The molecule has 1 N–H and O–H groups in total. The lowest BCUT2D eigenvalue weighted by atomic mass is 9.82. The van der Waals surface area contributed by atoms with Crippen molar-refractivity contribution in [3.63, 3.8) is 0 Å². The number of carboxylic acids is 1. The maximum atomic E-state index is 11.2. The van der Waals surface area contributed by atoms with Gasteiger partial charge in [0, 0.05) is 0 Å². The molecule has 0 atom stereocenters. The fourth-order valence-corrected chi connectivity index (χ4v) is 3.02. The molecule has 16 heavy (non-hydrogen) atoms. The second-order valence-corrected chi connectivity index (χ2v) is 4.95. The Labute approximate surface area is 99.1 Å². The second-order valence-electron chi connectivity index (χ2n) is 4.41. The van der Waals surface area contributed by atoms with E-state index in [2.05, 4.69) is 10.2 Å². The van der Waals surface area contributed by atoms with Crippen LogP contribution in [0.25, 0.3) is 0 Å². The molecule has 2 nitrogen and oxygen atoms in total. The molecule has 0 heterocycles. The molecule has 1 fully saturated rings. The van der Waals surface area contributed by atoms with Crippen molar-refractivity contribution >= 4 is 21.4 Å². The molecule has 1 aliphatic rings. The predicted molar refractivity (Wildman–Crippen MR) is 64.6 cm³/mol. The van der Waals surface area contributed by atoms with Crippen LogP contribution in [0.3, 0.4) is 0 Å². The van der Waals surface area contributed by atoms with Gasteiger partial charge in [-0.1, -0.05) is 36.6 Å². The van der Waals surface area contributed by atoms with Gasteiger partial charge in [-0.3, -0.25) is 0 Å². The maximum Gasteiger partial charge on any atom is 0.335 e. The molecule has 0 aliphatic heterocycles. The first kappa shape index (κ1) is 11.4. The Balaban J connectivity index is 2.40. The highest BCUT2D eigenvalue weighted by Crippen LogP contribution is 2.33. The Hall–Kier alpha value is -1.09. The molecule has 0 bridgehead atoms. The molecule has 0 unspecified atom stereocenters. The number of benzene rings is 1. The molecular weight excluding hydrogens is 216 g/mol. The highest BCUT2D eigenvalue weighted by atomic mass is 28.1. The lowest BCUT2D eigenvalue weighted by molar-refractivity contribution is 0.0695. The number of carboxylic acid groups (broad SMARTS) is 1. The summed E-state index contributed by atoms with van der Waals surface area (Å²) >= 11 is 0. The number of hydrogen-bond acceptors (Lipinski definition) is 1. The molecule has 0 amide bonds. The summed E-state index contributed by atoms with van der Waals surface area (Å²) < 4.78 is 0. The van der Waals surface area contributed by atoms with E-state index in [0.29, 0.717) is 11.5 Å². The molecule has 3 heteroatoms. The van der Waals surface area contributed by atoms with Crippen LogP contribution >= 0.6 is 0 Å². The van der Waals surface area contributed by atoms with Crippen LogP contribution in [-0.2, 0) is 0 Å². The molecular formula is C13H15O2Si. The van der Waals surface area contributed by atoms with Crippen LogP contribution in [0.5, 0.6) is 0 Å². The molecule has 2 rings (SSSR count). The van der Waals surface area contributed by atoms with Crippen molar-refractivity contribution in [1.82, 2.24) is 0 Å². The Bertz CT molecular complexity index is 395. The molecule has 83 valence electrons. The van der Waals surface area contributed by atoms with Crippen LogP contribution in [0.2, 0.25) is 0 Å². The van der Waals surface area contributed by atoms with Crippen molar-refractivity contribution in [3.8, 4) is 0 Å². The van der Waals surface area contributed by atoms with E-state index in [1.807, 2.05) is 6.07 Å². The molecule has 0 spiro atoms. The summed E-state index contributed by atoms with van der Waals surface area (Å²) in [6.07, 6.45) is 5.93. The zero-order chi connectivity index (χ0) is 11.5. The van der Waals surface area contributed by atoms with Gasteiger partial charge in [0.05, 0.1) is 15.8 Å². The van der Waals surface area contributed by atoms with Crippen molar-refractivity contribution in [2.24, 2.45) is 0 Å². The summed E-state index contributed by atoms with van der Waals surface area (Å²) in [6.45, 7) is 0. The first-order valence-corrected chi connectivity index (χ1v) is 6.28. The van der Waals surface area contributed by atoms with Gasteiger partial charge in [0.2, 0.25) is 0 Å². The van der Waals surface area contributed by atoms with E-state index in [9.17, 15) is 9.90 Å². The van der Waals surface area contributed by atoms with Gasteiger partial charge in [0.1, 0.15) is 0 Å². The molecule has 0 saturated heterocycles. The van der Waals surface area contributed by atoms with Crippen molar-refractivity contribution in [2.75, 3.05) is 0 Å². The molecule has 1 saturated carbocycles. The van der Waals surface area contributed by atoms with E-state index in [-0.39, 0.29) is 0 Å². The summed E-state index contributed by atoms with van der Waals surface area (Å²) in [7, 11) is 3.54. The monoisotopic (exact) mass is 231 g/mol. The van der Waals surface area contributed by atoms with Crippen molar-refractivity contribution in [3.05, 3.63) is 29.3 Å². The van der Waals surface area contributed by atoms with E-state index in [1.165, 1.54) is 19.3 Å². The van der Waals surface area contributed by atoms with Gasteiger partial charge < -0.3 is 5.11 Å². The lowest BCUT2D eigenvalue weighted by Crippen LogP contribution is -2.21. The van der Waals surface area contributed by atoms with Gasteiger partial charge in [-0.25, -0.2) is 4.79 Å². The van der Waals surface area contributed by atoms with Gasteiger partial charge in [-0.15, -0.1) is 0 Å². The van der Waals surface area contributed by atoms with E-state index in [1.54, 1.807) is 12.1 Å².